The maximum absolute atomic E-state index is 13.1. The van der Waals surface area contributed by atoms with Crippen LogP contribution in [0.3, 0.4) is 0 Å². The van der Waals surface area contributed by atoms with Crippen LogP contribution in [0.15, 0.2) is 39.5 Å². The second kappa shape index (κ2) is 6.74. The molecule has 144 valence electrons. The lowest BCUT2D eigenvalue weighted by atomic mass is 9.99. The van der Waals surface area contributed by atoms with E-state index in [1.807, 2.05) is 19.1 Å². The molecule has 0 saturated carbocycles. The van der Waals surface area contributed by atoms with E-state index in [1.165, 1.54) is 12.1 Å². The van der Waals surface area contributed by atoms with Gasteiger partial charge in [0.25, 0.3) is 0 Å². The van der Waals surface area contributed by atoms with E-state index in [9.17, 15) is 9.18 Å². The summed E-state index contributed by atoms with van der Waals surface area (Å²) < 4.78 is 24.8. The number of aryl methyl sites for hydroxylation is 2. The third kappa shape index (κ3) is 2.90. The van der Waals surface area contributed by atoms with Crippen LogP contribution in [0.25, 0.3) is 11.0 Å². The molecule has 0 saturated heterocycles. The Labute approximate surface area is 162 Å². The van der Waals surface area contributed by atoms with Crippen molar-refractivity contribution in [2.24, 2.45) is 0 Å². The summed E-state index contributed by atoms with van der Waals surface area (Å²) >= 11 is 0. The van der Waals surface area contributed by atoms with Gasteiger partial charge in [-0.05, 0) is 61.9 Å². The number of benzene rings is 2. The predicted molar refractivity (Wildman–Crippen MR) is 105 cm³/mol. The van der Waals surface area contributed by atoms with Crippen LogP contribution >= 0.6 is 0 Å². The average molecular weight is 379 g/mol. The van der Waals surface area contributed by atoms with E-state index in [-0.39, 0.29) is 11.4 Å². The van der Waals surface area contributed by atoms with Crippen molar-refractivity contribution in [3.63, 3.8) is 0 Å². The molecule has 1 aliphatic heterocycles. The molecule has 5 rings (SSSR count). The van der Waals surface area contributed by atoms with E-state index in [4.69, 9.17) is 9.15 Å². The van der Waals surface area contributed by atoms with Gasteiger partial charge in [-0.25, -0.2) is 9.18 Å². The SMILES string of the molecule is Cc1c2c(cc3c4c(c(=O)oc13)CCC4)CN(CCc1ccc(F)cc1)CO2. The first-order chi connectivity index (χ1) is 13.6. The van der Waals surface area contributed by atoms with Crippen LogP contribution < -0.4 is 10.4 Å². The average Bonchev–Trinajstić information content (AvgIpc) is 3.20. The maximum Gasteiger partial charge on any atom is 0.339 e. The largest absolute Gasteiger partial charge is 0.477 e. The summed E-state index contributed by atoms with van der Waals surface area (Å²) in [6, 6.07) is 8.81. The van der Waals surface area contributed by atoms with Crippen LogP contribution in [0.5, 0.6) is 5.75 Å². The number of rotatable bonds is 3. The van der Waals surface area contributed by atoms with Crippen molar-refractivity contribution in [2.75, 3.05) is 13.3 Å². The van der Waals surface area contributed by atoms with Gasteiger partial charge in [-0.15, -0.1) is 0 Å². The fraction of sp³-hybridized carbons (Fsp3) is 0.348. The van der Waals surface area contributed by atoms with Crippen molar-refractivity contribution < 1.29 is 13.5 Å². The molecular formula is C23H22FNO3. The monoisotopic (exact) mass is 379 g/mol. The summed E-state index contributed by atoms with van der Waals surface area (Å²) in [6.07, 6.45) is 3.60. The van der Waals surface area contributed by atoms with Gasteiger partial charge in [0, 0.05) is 35.2 Å². The number of nitrogens with zero attached hydrogens (tertiary/aromatic N) is 1. The van der Waals surface area contributed by atoms with Gasteiger partial charge in [0.1, 0.15) is 23.9 Å². The van der Waals surface area contributed by atoms with E-state index >= 15 is 0 Å². The van der Waals surface area contributed by atoms with E-state index in [0.29, 0.717) is 12.3 Å². The Morgan fingerprint density at radius 3 is 2.75 bits per heavy atom. The highest BCUT2D eigenvalue weighted by molar-refractivity contribution is 5.87. The minimum atomic E-state index is -0.208. The first-order valence-electron chi connectivity index (χ1n) is 9.81. The summed E-state index contributed by atoms with van der Waals surface area (Å²) in [4.78, 5) is 14.5. The Kier molecular flexibility index (Phi) is 4.20. The lowest BCUT2D eigenvalue weighted by Crippen LogP contribution is -2.34. The van der Waals surface area contributed by atoms with Gasteiger partial charge in [0.05, 0.1) is 0 Å². The number of ether oxygens (including phenoxy) is 1. The van der Waals surface area contributed by atoms with Crippen LogP contribution in [-0.2, 0) is 25.8 Å². The van der Waals surface area contributed by atoms with Crippen LogP contribution in [0, 0.1) is 12.7 Å². The quantitative estimate of drug-likeness (QED) is 0.642. The van der Waals surface area contributed by atoms with Gasteiger partial charge in [-0.3, -0.25) is 4.90 Å². The Balaban J connectivity index is 1.44. The Morgan fingerprint density at radius 1 is 1.14 bits per heavy atom. The minimum absolute atomic E-state index is 0.195. The van der Waals surface area contributed by atoms with Gasteiger partial charge in [-0.2, -0.15) is 0 Å². The minimum Gasteiger partial charge on any atom is -0.477 e. The van der Waals surface area contributed by atoms with E-state index < -0.39 is 0 Å². The first kappa shape index (κ1) is 17.4. The molecule has 0 fully saturated rings. The summed E-state index contributed by atoms with van der Waals surface area (Å²) in [7, 11) is 0. The molecule has 28 heavy (non-hydrogen) atoms. The molecule has 1 aliphatic carbocycles. The van der Waals surface area contributed by atoms with Crippen molar-refractivity contribution in [3.8, 4) is 5.75 Å². The topological polar surface area (TPSA) is 42.7 Å². The maximum atomic E-state index is 13.1. The highest BCUT2D eigenvalue weighted by Gasteiger charge is 2.26. The Hall–Kier alpha value is -2.66. The molecule has 2 aliphatic rings. The molecule has 0 atom stereocenters. The lowest BCUT2D eigenvalue weighted by molar-refractivity contribution is 0.0959. The van der Waals surface area contributed by atoms with Crippen LogP contribution in [0.2, 0.25) is 0 Å². The molecule has 4 nitrogen and oxygen atoms in total. The molecule has 2 aromatic carbocycles. The summed E-state index contributed by atoms with van der Waals surface area (Å²) in [6.45, 7) is 4.10. The third-order valence-corrected chi connectivity index (χ3v) is 5.94. The molecule has 2 heterocycles. The molecule has 0 amide bonds. The van der Waals surface area contributed by atoms with Crippen molar-refractivity contribution in [3.05, 3.63) is 74.4 Å². The number of hydrogen-bond donors (Lipinski definition) is 0. The van der Waals surface area contributed by atoms with E-state index in [0.717, 1.165) is 77.7 Å². The van der Waals surface area contributed by atoms with Gasteiger partial charge >= 0.3 is 5.63 Å². The predicted octanol–water partition coefficient (Wildman–Crippen LogP) is 4.12. The van der Waals surface area contributed by atoms with Crippen LogP contribution in [-0.4, -0.2) is 18.2 Å². The van der Waals surface area contributed by atoms with Gasteiger partial charge < -0.3 is 9.15 Å². The smallest absolute Gasteiger partial charge is 0.339 e. The zero-order valence-corrected chi connectivity index (χ0v) is 15.9. The van der Waals surface area contributed by atoms with Crippen LogP contribution in [0.1, 0.15) is 34.2 Å². The van der Waals surface area contributed by atoms with Crippen molar-refractivity contribution in [1.29, 1.82) is 0 Å². The zero-order valence-electron chi connectivity index (χ0n) is 15.9. The van der Waals surface area contributed by atoms with E-state index in [2.05, 4.69) is 11.0 Å². The Morgan fingerprint density at radius 2 is 1.93 bits per heavy atom. The van der Waals surface area contributed by atoms with Crippen molar-refractivity contribution in [2.45, 2.75) is 39.2 Å². The van der Waals surface area contributed by atoms with Gasteiger partial charge in [0.15, 0.2) is 0 Å². The van der Waals surface area contributed by atoms with Crippen molar-refractivity contribution in [1.82, 2.24) is 4.90 Å². The first-order valence-corrected chi connectivity index (χ1v) is 9.81. The highest BCUT2D eigenvalue weighted by atomic mass is 19.1. The molecule has 3 aromatic rings. The molecule has 1 aromatic heterocycles. The Bertz CT molecular complexity index is 1120. The third-order valence-electron chi connectivity index (χ3n) is 5.94. The second-order valence-electron chi connectivity index (χ2n) is 7.77. The second-order valence-corrected chi connectivity index (χ2v) is 7.77. The molecule has 0 bridgehead atoms. The fourth-order valence-corrected chi connectivity index (χ4v) is 4.47. The molecule has 0 radical (unpaired) electrons. The van der Waals surface area contributed by atoms with Crippen molar-refractivity contribution >= 4 is 11.0 Å². The highest BCUT2D eigenvalue weighted by Crippen LogP contribution is 2.38. The lowest BCUT2D eigenvalue weighted by Gasteiger charge is -2.30. The summed E-state index contributed by atoms with van der Waals surface area (Å²) in [5.41, 5.74) is 5.64. The molecular weight excluding hydrogens is 357 g/mol. The van der Waals surface area contributed by atoms with Crippen LogP contribution in [0.4, 0.5) is 4.39 Å². The summed E-state index contributed by atoms with van der Waals surface area (Å²) in [5.74, 6) is 0.632. The molecule has 5 heteroatoms. The van der Waals surface area contributed by atoms with E-state index in [1.54, 1.807) is 0 Å². The standard InChI is InChI=1S/C23H22FNO3/c1-14-21-16(11-20-18-3-2-4-19(18)23(26)28-22(14)20)12-25(13-27-21)10-9-15-5-7-17(24)8-6-15/h5-8,11H,2-4,9-10,12-13H2,1H3. The number of hydrogen-bond acceptors (Lipinski definition) is 4. The normalized spacial score (nSPS) is 16.1. The number of halogens is 1. The fourth-order valence-electron chi connectivity index (χ4n) is 4.47. The van der Waals surface area contributed by atoms with Gasteiger partial charge in [0.2, 0.25) is 0 Å². The zero-order chi connectivity index (χ0) is 19.3. The summed E-state index contributed by atoms with van der Waals surface area (Å²) in [5, 5.41) is 1.06. The molecule has 0 unspecified atom stereocenters. The number of fused-ring (bicyclic) bond motifs is 4. The van der Waals surface area contributed by atoms with Gasteiger partial charge in [-0.1, -0.05) is 12.1 Å². The molecule has 0 N–H and O–H groups in total. The molecule has 0 spiro atoms.